The minimum Gasteiger partial charge on any atom is -1.00 e. The Labute approximate surface area is 216 Å². The zero-order chi connectivity index (χ0) is 23.4. The maximum absolute atomic E-state index is 14.0. The van der Waals surface area contributed by atoms with Crippen molar-refractivity contribution in [1.29, 1.82) is 0 Å². The molecule has 5 aromatic rings. The van der Waals surface area contributed by atoms with Gasteiger partial charge in [0.2, 0.25) is 0 Å². The molecule has 0 nitrogen and oxygen atoms in total. The van der Waals surface area contributed by atoms with Crippen LogP contribution in [0.5, 0.6) is 0 Å². The standard InChI is InChI=1S/C31H24F2P.BrH/c32-26-20-16-24(17-21-26)31(25-18-22-27(33)23-19-25)34(28-10-4-1-5-11-28,29-12-6-2-7-13-29)30-14-8-3-9-15-30;/h1-23,31H;1H/q+1;/p-1. The lowest BCUT2D eigenvalue weighted by Gasteiger charge is -2.35. The van der Waals surface area contributed by atoms with Crippen LogP contribution in [0.15, 0.2) is 140 Å². The number of rotatable bonds is 6. The average Bonchev–Trinajstić information content (AvgIpc) is 2.90. The molecule has 0 aliphatic rings. The van der Waals surface area contributed by atoms with Crippen molar-refractivity contribution in [3.8, 4) is 0 Å². The molecule has 0 aromatic heterocycles. The first-order chi connectivity index (χ1) is 16.7. The van der Waals surface area contributed by atoms with Gasteiger partial charge in [-0.3, -0.25) is 0 Å². The highest BCUT2D eigenvalue weighted by Gasteiger charge is 2.53. The fourth-order valence-electron chi connectivity index (χ4n) is 4.81. The van der Waals surface area contributed by atoms with Crippen LogP contribution in [0.25, 0.3) is 0 Å². The quantitative estimate of drug-likeness (QED) is 0.283. The topological polar surface area (TPSA) is 0 Å². The maximum Gasteiger partial charge on any atom is 0.134 e. The van der Waals surface area contributed by atoms with E-state index in [9.17, 15) is 8.78 Å². The van der Waals surface area contributed by atoms with Crippen LogP contribution in [-0.2, 0) is 0 Å². The van der Waals surface area contributed by atoms with Gasteiger partial charge in [0, 0.05) is 0 Å². The Morgan fingerprint density at radius 3 is 0.971 bits per heavy atom. The lowest BCUT2D eigenvalue weighted by atomic mass is 10.0. The summed E-state index contributed by atoms with van der Waals surface area (Å²) >= 11 is 0. The highest BCUT2D eigenvalue weighted by molar-refractivity contribution is 7.96. The summed E-state index contributed by atoms with van der Waals surface area (Å²) in [5, 5.41) is 3.64. The first-order valence-corrected chi connectivity index (χ1v) is 13.1. The minimum atomic E-state index is -2.38. The van der Waals surface area contributed by atoms with Gasteiger partial charge in [0.15, 0.2) is 0 Å². The molecule has 0 radical (unpaired) electrons. The second kappa shape index (κ2) is 11.1. The first-order valence-electron chi connectivity index (χ1n) is 11.3. The van der Waals surface area contributed by atoms with Crippen LogP contribution in [0.4, 0.5) is 8.78 Å². The molecule has 0 amide bonds. The molecule has 174 valence electrons. The average molecular weight is 545 g/mol. The van der Waals surface area contributed by atoms with Crippen LogP contribution in [0.1, 0.15) is 16.8 Å². The summed E-state index contributed by atoms with van der Waals surface area (Å²) in [6.07, 6.45) is 0. The SMILES string of the molecule is Fc1ccc(C(c2ccc(F)cc2)[P+](c2ccccc2)(c2ccccc2)c2ccccc2)cc1.[Br-]. The lowest BCUT2D eigenvalue weighted by Crippen LogP contribution is -3.00. The Morgan fingerprint density at radius 1 is 0.400 bits per heavy atom. The molecule has 0 fully saturated rings. The second-order valence-electron chi connectivity index (χ2n) is 8.23. The van der Waals surface area contributed by atoms with Crippen molar-refractivity contribution in [3.63, 3.8) is 0 Å². The van der Waals surface area contributed by atoms with E-state index < -0.39 is 7.26 Å². The molecule has 5 aromatic carbocycles. The van der Waals surface area contributed by atoms with Crippen molar-refractivity contribution in [2.75, 3.05) is 0 Å². The number of hydrogen-bond acceptors (Lipinski definition) is 0. The third-order valence-corrected chi connectivity index (χ3v) is 11.0. The summed E-state index contributed by atoms with van der Waals surface area (Å²) in [6, 6.07) is 45.2. The normalized spacial score (nSPS) is 11.2. The summed E-state index contributed by atoms with van der Waals surface area (Å²) in [5.41, 5.74) is 1.86. The Bertz CT molecular complexity index is 1200. The zero-order valence-electron chi connectivity index (χ0n) is 18.9. The molecule has 0 unspecified atom stereocenters. The van der Waals surface area contributed by atoms with E-state index in [-0.39, 0.29) is 34.3 Å². The highest BCUT2D eigenvalue weighted by atomic mass is 79.9. The zero-order valence-corrected chi connectivity index (χ0v) is 21.4. The highest BCUT2D eigenvalue weighted by Crippen LogP contribution is 2.68. The van der Waals surface area contributed by atoms with Gasteiger partial charge in [-0.05, 0) is 71.8 Å². The fourth-order valence-corrected chi connectivity index (χ4v) is 9.77. The molecule has 0 atom stereocenters. The molecule has 5 rings (SSSR count). The van der Waals surface area contributed by atoms with E-state index in [1.165, 1.54) is 40.2 Å². The summed E-state index contributed by atoms with van der Waals surface area (Å²) in [7, 11) is -2.38. The Kier molecular flexibility index (Phi) is 7.90. The molecule has 0 aliphatic heterocycles. The van der Waals surface area contributed by atoms with Crippen LogP contribution >= 0.6 is 7.26 Å². The first kappa shape index (κ1) is 25.0. The van der Waals surface area contributed by atoms with Crippen LogP contribution in [-0.4, -0.2) is 0 Å². The monoisotopic (exact) mass is 544 g/mol. The maximum atomic E-state index is 14.0. The molecule has 0 bridgehead atoms. The summed E-state index contributed by atoms with van der Waals surface area (Å²) < 4.78 is 28.1. The van der Waals surface area contributed by atoms with Crippen LogP contribution in [0.2, 0.25) is 0 Å². The van der Waals surface area contributed by atoms with Crippen LogP contribution in [0, 0.1) is 11.6 Å². The number of benzene rings is 5. The fraction of sp³-hybridized carbons (Fsp3) is 0.0323. The Balaban J connectivity index is 0.00000289. The third-order valence-electron chi connectivity index (χ3n) is 6.25. The van der Waals surface area contributed by atoms with Crippen LogP contribution in [0.3, 0.4) is 0 Å². The van der Waals surface area contributed by atoms with E-state index in [0.29, 0.717) is 0 Å². The van der Waals surface area contributed by atoms with Gasteiger partial charge in [0.05, 0.1) is 0 Å². The molecule has 35 heavy (non-hydrogen) atoms. The smallest absolute Gasteiger partial charge is 0.134 e. The van der Waals surface area contributed by atoms with E-state index >= 15 is 0 Å². The van der Waals surface area contributed by atoms with Crippen molar-refractivity contribution in [3.05, 3.63) is 162 Å². The molecule has 0 heterocycles. The van der Waals surface area contributed by atoms with Gasteiger partial charge >= 0.3 is 0 Å². The second-order valence-corrected chi connectivity index (χ2v) is 11.7. The predicted octanol–water partition coefficient (Wildman–Crippen LogP) is 4.05. The molecule has 0 spiro atoms. The van der Waals surface area contributed by atoms with Gasteiger partial charge in [-0.1, -0.05) is 78.9 Å². The van der Waals surface area contributed by atoms with E-state index in [1.54, 1.807) is 0 Å². The van der Waals surface area contributed by atoms with Crippen molar-refractivity contribution < 1.29 is 25.8 Å². The van der Waals surface area contributed by atoms with Crippen molar-refractivity contribution in [1.82, 2.24) is 0 Å². The number of hydrogen-bond donors (Lipinski definition) is 0. The van der Waals surface area contributed by atoms with Crippen molar-refractivity contribution in [2.24, 2.45) is 0 Å². The summed E-state index contributed by atoms with van der Waals surface area (Å²) in [5.74, 6) is -0.547. The lowest BCUT2D eigenvalue weighted by molar-refractivity contribution is -0.00000775. The van der Waals surface area contributed by atoms with E-state index in [4.69, 9.17) is 0 Å². The summed E-state index contributed by atoms with van der Waals surface area (Å²) in [6.45, 7) is 0. The van der Waals surface area contributed by atoms with Gasteiger partial charge in [0.25, 0.3) is 0 Å². The molecule has 0 aliphatic carbocycles. The van der Waals surface area contributed by atoms with Gasteiger partial charge in [-0.2, -0.15) is 0 Å². The van der Waals surface area contributed by atoms with Crippen molar-refractivity contribution >= 4 is 23.2 Å². The van der Waals surface area contributed by atoms with E-state index in [0.717, 1.165) is 11.1 Å². The summed E-state index contributed by atoms with van der Waals surface area (Å²) in [4.78, 5) is 0. The molecule has 0 saturated carbocycles. The molecular formula is C31H24BrF2P. The van der Waals surface area contributed by atoms with Gasteiger partial charge in [0.1, 0.15) is 40.5 Å². The molecule has 0 N–H and O–H groups in total. The molecular weight excluding hydrogens is 521 g/mol. The predicted molar refractivity (Wildman–Crippen MR) is 140 cm³/mol. The van der Waals surface area contributed by atoms with E-state index in [2.05, 4.69) is 72.8 Å². The van der Waals surface area contributed by atoms with Gasteiger partial charge in [-0.25, -0.2) is 8.78 Å². The van der Waals surface area contributed by atoms with Gasteiger partial charge < -0.3 is 17.0 Å². The Morgan fingerprint density at radius 2 is 0.686 bits per heavy atom. The van der Waals surface area contributed by atoms with E-state index in [1.807, 2.05) is 42.5 Å². The Hall–Kier alpha value is -3.13. The third kappa shape index (κ3) is 4.85. The molecule has 0 saturated heterocycles. The van der Waals surface area contributed by atoms with Crippen LogP contribution < -0.4 is 32.9 Å². The molecule has 4 heteroatoms. The van der Waals surface area contributed by atoms with Crippen molar-refractivity contribution in [2.45, 2.75) is 5.66 Å². The van der Waals surface area contributed by atoms with Gasteiger partial charge in [-0.15, -0.1) is 0 Å². The largest absolute Gasteiger partial charge is 1.00 e. The minimum absolute atomic E-state index is 0. The number of halogens is 3.